The van der Waals surface area contributed by atoms with E-state index in [1.54, 1.807) is 0 Å². The third kappa shape index (κ3) is 6.79. The van der Waals surface area contributed by atoms with Crippen molar-refractivity contribution in [2.45, 2.75) is 0 Å². The minimum atomic E-state index is -1.62. The molecule has 0 radical (unpaired) electrons. The van der Waals surface area contributed by atoms with Gasteiger partial charge < -0.3 is 29.0 Å². The van der Waals surface area contributed by atoms with Crippen molar-refractivity contribution in [2.75, 3.05) is 6.79 Å². The van der Waals surface area contributed by atoms with E-state index in [0.717, 1.165) is 6.08 Å². The van der Waals surface area contributed by atoms with Crippen LogP contribution in [0.5, 0.6) is 17.2 Å². The molecule has 0 aliphatic carbocycles. The Balaban J connectivity index is 1.52. The summed E-state index contributed by atoms with van der Waals surface area (Å²) in [6.45, 7) is 2.98. The zero-order chi connectivity index (χ0) is 24.5. The average Bonchev–Trinajstić information content (AvgIpc) is 2.85. The molecule has 10 heteroatoms. The number of esters is 3. The van der Waals surface area contributed by atoms with Gasteiger partial charge in [0.15, 0.2) is 0 Å². The lowest BCUT2D eigenvalue weighted by Gasteiger charge is -2.08. The van der Waals surface area contributed by atoms with Gasteiger partial charge in [0, 0.05) is 6.08 Å². The fraction of sp³-hybridized carbons (Fsp3) is 0.0417. The summed E-state index contributed by atoms with van der Waals surface area (Å²) in [5.74, 6) is -0.997. The molecule has 3 aromatic carbocycles. The Bertz CT molecular complexity index is 1150. The van der Waals surface area contributed by atoms with Crippen LogP contribution in [-0.4, -0.2) is 41.9 Å². The molecule has 0 fully saturated rings. The average molecular weight is 462 g/mol. The molecule has 172 valence electrons. The minimum absolute atomic E-state index is 0.228. The van der Waals surface area contributed by atoms with Crippen LogP contribution in [0.15, 0.2) is 85.5 Å². The third-order valence-electron chi connectivity index (χ3n) is 4.37. The van der Waals surface area contributed by atoms with Gasteiger partial charge in [-0.05, 0) is 66.1 Å². The van der Waals surface area contributed by atoms with E-state index in [1.807, 2.05) is 0 Å². The number of hydrogen-bond donors (Lipinski definition) is 2. The van der Waals surface area contributed by atoms with Gasteiger partial charge in [0.25, 0.3) is 0 Å². The Morgan fingerprint density at radius 3 is 1.62 bits per heavy atom. The van der Waals surface area contributed by atoms with Crippen molar-refractivity contribution in [3.05, 3.63) is 96.6 Å². The lowest BCUT2D eigenvalue weighted by atomic mass is 9.80. The molecule has 34 heavy (non-hydrogen) atoms. The van der Waals surface area contributed by atoms with E-state index in [9.17, 15) is 14.4 Å². The number of benzene rings is 3. The molecule has 0 saturated heterocycles. The van der Waals surface area contributed by atoms with Crippen LogP contribution >= 0.6 is 0 Å². The zero-order valence-corrected chi connectivity index (χ0v) is 17.7. The first kappa shape index (κ1) is 24.2. The fourth-order valence-electron chi connectivity index (χ4n) is 2.60. The smallest absolute Gasteiger partial charge is 0.457 e. The molecule has 0 saturated carbocycles. The molecule has 0 spiro atoms. The Morgan fingerprint density at radius 2 is 1.18 bits per heavy atom. The summed E-state index contributed by atoms with van der Waals surface area (Å²) in [5.41, 5.74) is 0.743. The normalized spacial score (nSPS) is 10.1. The van der Waals surface area contributed by atoms with Crippen LogP contribution in [0.3, 0.4) is 0 Å². The summed E-state index contributed by atoms with van der Waals surface area (Å²) in [4.78, 5) is 35.5. The van der Waals surface area contributed by atoms with E-state index in [0.29, 0.717) is 5.75 Å². The lowest BCUT2D eigenvalue weighted by molar-refractivity contribution is -0.144. The second-order valence-corrected chi connectivity index (χ2v) is 6.70. The van der Waals surface area contributed by atoms with Crippen molar-refractivity contribution < 1.29 is 43.4 Å². The van der Waals surface area contributed by atoms with E-state index >= 15 is 0 Å². The van der Waals surface area contributed by atoms with Gasteiger partial charge in [-0.1, -0.05) is 18.7 Å². The van der Waals surface area contributed by atoms with Crippen molar-refractivity contribution in [1.82, 2.24) is 0 Å². The van der Waals surface area contributed by atoms with E-state index in [4.69, 9.17) is 29.0 Å². The summed E-state index contributed by atoms with van der Waals surface area (Å²) >= 11 is 0. The van der Waals surface area contributed by atoms with Crippen molar-refractivity contribution >= 4 is 30.5 Å². The van der Waals surface area contributed by atoms with Crippen molar-refractivity contribution in [2.24, 2.45) is 0 Å². The quantitative estimate of drug-likeness (QED) is 0.161. The van der Waals surface area contributed by atoms with Gasteiger partial charge in [-0.25, -0.2) is 14.4 Å². The third-order valence-corrected chi connectivity index (χ3v) is 4.37. The molecule has 0 aromatic heterocycles. The molecule has 0 heterocycles. The van der Waals surface area contributed by atoms with Crippen LogP contribution in [0, 0.1) is 0 Å². The van der Waals surface area contributed by atoms with Gasteiger partial charge in [0.2, 0.25) is 6.79 Å². The standard InChI is InChI=1S/C24H19BO9/c1-2-22(26)32-15-31-19-9-5-17(6-10-19)24(28)34-21-13-11-20(12-14-21)33-23(27)16-3-7-18(8-4-16)25(29)30/h2-14,29-30H,1,15H2. The summed E-state index contributed by atoms with van der Waals surface area (Å²) in [6.07, 6.45) is 1.02. The minimum Gasteiger partial charge on any atom is -0.457 e. The van der Waals surface area contributed by atoms with Gasteiger partial charge >= 0.3 is 25.0 Å². The first-order valence-electron chi connectivity index (χ1n) is 9.88. The molecule has 0 aliphatic rings. The maximum Gasteiger partial charge on any atom is 0.488 e. The number of carbonyl (C=O) groups is 3. The van der Waals surface area contributed by atoms with Crippen LogP contribution in [-0.2, 0) is 9.53 Å². The van der Waals surface area contributed by atoms with Gasteiger partial charge in [0.1, 0.15) is 17.2 Å². The van der Waals surface area contributed by atoms with Crippen LogP contribution in [0.4, 0.5) is 0 Å². The summed E-state index contributed by atoms with van der Waals surface area (Å²) in [5, 5.41) is 18.2. The van der Waals surface area contributed by atoms with E-state index < -0.39 is 25.0 Å². The van der Waals surface area contributed by atoms with Crippen LogP contribution < -0.4 is 19.7 Å². The predicted molar refractivity (Wildman–Crippen MR) is 121 cm³/mol. The van der Waals surface area contributed by atoms with Crippen LogP contribution in [0.2, 0.25) is 0 Å². The fourth-order valence-corrected chi connectivity index (χ4v) is 2.60. The van der Waals surface area contributed by atoms with Gasteiger partial charge in [-0.15, -0.1) is 0 Å². The number of hydrogen-bond acceptors (Lipinski definition) is 9. The van der Waals surface area contributed by atoms with Crippen LogP contribution in [0.1, 0.15) is 20.7 Å². The highest BCUT2D eigenvalue weighted by atomic mass is 16.7. The Kier molecular flexibility index (Phi) is 8.17. The number of ether oxygens (including phenoxy) is 4. The van der Waals surface area contributed by atoms with E-state index in [1.165, 1.54) is 72.8 Å². The maximum absolute atomic E-state index is 12.3. The lowest BCUT2D eigenvalue weighted by Crippen LogP contribution is -2.29. The van der Waals surface area contributed by atoms with Crippen LogP contribution in [0.25, 0.3) is 0 Å². The number of carbonyl (C=O) groups excluding carboxylic acids is 3. The first-order chi connectivity index (χ1) is 16.4. The van der Waals surface area contributed by atoms with Gasteiger partial charge in [-0.2, -0.15) is 0 Å². The first-order valence-corrected chi connectivity index (χ1v) is 9.88. The van der Waals surface area contributed by atoms with E-state index in [2.05, 4.69) is 6.58 Å². The highest BCUT2D eigenvalue weighted by Crippen LogP contribution is 2.20. The number of rotatable bonds is 9. The molecule has 0 atom stereocenters. The Hall–Kier alpha value is -4.41. The molecule has 0 unspecified atom stereocenters. The topological polar surface area (TPSA) is 129 Å². The maximum atomic E-state index is 12.3. The van der Waals surface area contributed by atoms with Gasteiger partial charge in [0.05, 0.1) is 11.1 Å². The molecule has 0 amide bonds. The largest absolute Gasteiger partial charge is 0.488 e. The molecular weight excluding hydrogens is 443 g/mol. The zero-order valence-electron chi connectivity index (χ0n) is 17.7. The second-order valence-electron chi connectivity index (χ2n) is 6.70. The Morgan fingerprint density at radius 1 is 0.735 bits per heavy atom. The SMILES string of the molecule is C=CC(=O)OCOc1ccc(C(=O)Oc2ccc(OC(=O)c3ccc(B(O)O)cc3)cc2)cc1. The second kappa shape index (κ2) is 11.5. The summed E-state index contributed by atoms with van der Waals surface area (Å²) < 4.78 is 20.5. The molecule has 3 aromatic rings. The van der Waals surface area contributed by atoms with Gasteiger partial charge in [-0.3, -0.25) is 0 Å². The monoisotopic (exact) mass is 462 g/mol. The highest BCUT2D eigenvalue weighted by molar-refractivity contribution is 6.58. The molecule has 9 nitrogen and oxygen atoms in total. The van der Waals surface area contributed by atoms with Crippen molar-refractivity contribution in [3.8, 4) is 17.2 Å². The molecule has 3 rings (SSSR count). The van der Waals surface area contributed by atoms with Crippen molar-refractivity contribution in [1.29, 1.82) is 0 Å². The molecule has 0 aliphatic heterocycles. The molecule has 2 N–H and O–H groups in total. The molecular formula is C24H19BO9. The van der Waals surface area contributed by atoms with Crippen molar-refractivity contribution in [3.63, 3.8) is 0 Å². The van der Waals surface area contributed by atoms with E-state index in [-0.39, 0.29) is 34.9 Å². The molecule has 0 bridgehead atoms. The highest BCUT2D eigenvalue weighted by Gasteiger charge is 2.14. The predicted octanol–water partition coefficient (Wildman–Crippen LogP) is 1.87. The summed E-state index contributed by atoms with van der Waals surface area (Å²) in [6, 6.07) is 17.5. The summed E-state index contributed by atoms with van der Waals surface area (Å²) in [7, 11) is -1.62. The Labute approximate surface area is 194 Å².